The Hall–Kier alpha value is -1.36. The molecule has 1 heterocycles. The minimum atomic E-state index is -0.152. The molecule has 0 aromatic carbocycles. The van der Waals surface area contributed by atoms with Gasteiger partial charge in [0, 0.05) is 24.9 Å². The van der Waals surface area contributed by atoms with E-state index in [0.717, 1.165) is 19.3 Å². The molecule has 1 aliphatic carbocycles. The summed E-state index contributed by atoms with van der Waals surface area (Å²) >= 11 is 0. The standard InChI is InChI=1S/C13H21N3O2/c1-2-16-8-7-15-12(13(16)17)18-11-6-4-3-5-10(11)9-14/h7-8,10-11H,2-6,9,14H2,1H3. The Kier molecular flexibility index (Phi) is 4.36. The molecule has 0 saturated heterocycles. The molecule has 2 N–H and O–H groups in total. The zero-order chi connectivity index (χ0) is 13.0. The number of rotatable bonds is 4. The van der Waals surface area contributed by atoms with Crippen LogP contribution in [0.2, 0.25) is 0 Å². The summed E-state index contributed by atoms with van der Waals surface area (Å²) in [6.45, 7) is 3.16. The fourth-order valence-electron chi connectivity index (χ4n) is 2.50. The first-order valence-corrected chi connectivity index (χ1v) is 6.68. The molecule has 5 heteroatoms. The van der Waals surface area contributed by atoms with E-state index in [1.165, 1.54) is 6.42 Å². The third-order valence-electron chi connectivity index (χ3n) is 3.63. The smallest absolute Gasteiger partial charge is 0.313 e. The maximum atomic E-state index is 12.0. The quantitative estimate of drug-likeness (QED) is 0.871. The number of aryl methyl sites for hydroxylation is 1. The van der Waals surface area contributed by atoms with Gasteiger partial charge in [0.15, 0.2) is 0 Å². The Balaban J connectivity index is 2.15. The molecule has 1 aromatic rings. The van der Waals surface area contributed by atoms with Crippen molar-refractivity contribution in [2.45, 2.75) is 45.3 Å². The Morgan fingerprint density at radius 2 is 2.28 bits per heavy atom. The van der Waals surface area contributed by atoms with Crippen LogP contribution < -0.4 is 16.0 Å². The largest absolute Gasteiger partial charge is 0.470 e. The summed E-state index contributed by atoms with van der Waals surface area (Å²) in [5.74, 6) is 0.555. The lowest BCUT2D eigenvalue weighted by Gasteiger charge is -2.30. The number of aromatic nitrogens is 2. The van der Waals surface area contributed by atoms with Crippen LogP contribution in [0.25, 0.3) is 0 Å². The molecule has 2 rings (SSSR count). The topological polar surface area (TPSA) is 70.1 Å². The second-order valence-corrected chi connectivity index (χ2v) is 4.76. The monoisotopic (exact) mass is 251 g/mol. The van der Waals surface area contributed by atoms with Gasteiger partial charge in [0.2, 0.25) is 0 Å². The summed E-state index contributed by atoms with van der Waals surface area (Å²) in [5, 5.41) is 0. The number of hydrogen-bond donors (Lipinski definition) is 1. The molecule has 100 valence electrons. The molecule has 1 aliphatic rings. The van der Waals surface area contributed by atoms with Gasteiger partial charge in [-0.15, -0.1) is 0 Å². The van der Waals surface area contributed by atoms with Crippen molar-refractivity contribution in [2.75, 3.05) is 6.54 Å². The normalized spacial score (nSPS) is 23.9. The highest BCUT2D eigenvalue weighted by molar-refractivity contribution is 5.05. The van der Waals surface area contributed by atoms with E-state index in [1.54, 1.807) is 17.0 Å². The van der Waals surface area contributed by atoms with Crippen molar-refractivity contribution in [2.24, 2.45) is 11.7 Å². The van der Waals surface area contributed by atoms with Crippen LogP contribution >= 0.6 is 0 Å². The van der Waals surface area contributed by atoms with Gasteiger partial charge in [-0.25, -0.2) is 4.98 Å². The number of hydrogen-bond acceptors (Lipinski definition) is 4. The van der Waals surface area contributed by atoms with Crippen LogP contribution in [0.15, 0.2) is 17.2 Å². The van der Waals surface area contributed by atoms with Crippen LogP contribution in [0, 0.1) is 5.92 Å². The maximum Gasteiger partial charge on any atom is 0.313 e. The predicted octanol–water partition coefficient (Wildman–Crippen LogP) is 1.16. The molecule has 2 atom stereocenters. The van der Waals surface area contributed by atoms with E-state index < -0.39 is 0 Å². The van der Waals surface area contributed by atoms with Crippen LogP contribution in [-0.2, 0) is 6.54 Å². The summed E-state index contributed by atoms with van der Waals surface area (Å²) in [7, 11) is 0. The zero-order valence-electron chi connectivity index (χ0n) is 10.8. The van der Waals surface area contributed by atoms with Crippen LogP contribution in [-0.4, -0.2) is 22.2 Å². The van der Waals surface area contributed by atoms with E-state index in [0.29, 0.717) is 19.0 Å². The SMILES string of the molecule is CCn1ccnc(OC2CCCCC2CN)c1=O. The molecule has 1 fully saturated rings. The molecule has 0 amide bonds. The molecular formula is C13H21N3O2. The van der Waals surface area contributed by atoms with E-state index >= 15 is 0 Å². The summed E-state index contributed by atoms with van der Waals surface area (Å²) in [5.41, 5.74) is 5.61. The van der Waals surface area contributed by atoms with Gasteiger partial charge in [-0.1, -0.05) is 6.42 Å². The first-order chi connectivity index (χ1) is 8.76. The average molecular weight is 251 g/mol. The predicted molar refractivity (Wildman–Crippen MR) is 69.6 cm³/mol. The van der Waals surface area contributed by atoms with E-state index in [2.05, 4.69) is 4.98 Å². The Labute approximate surface area is 107 Å². The Bertz CT molecular complexity index is 444. The van der Waals surface area contributed by atoms with Crippen molar-refractivity contribution < 1.29 is 4.74 Å². The van der Waals surface area contributed by atoms with Gasteiger partial charge >= 0.3 is 5.56 Å². The van der Waals surface area contributed by atoms with Crippen LogP contribution in [0.3, 0.4) is 0 Å². The van der Waals surface area contributed by atoms with Gasteiger partial charge in [-0.2, -0.15) is 0 Å². The van der Waals surface area contributed by atoms with Crippen molar-refractivity contribution >= 4 is 0 Å². The number of nitrogens with two attached hydrogens (primary N) is 1. The molecular weight excluding hydrogens is 230 g/mol. The average Bonchev–Trinajstić information content (AvgIpc) is 2.42. The lowest BCUT2D eigenvalue weighted by Crippen LogP contribution is -2.37. The van der Waals surface area contributed by atoms with Gasteiger partial charge in [-0.05, 0) is 32.7 Å². The minimum absolute atomic E-state index is 0.0386. The summed E-state index contributed by atoms with van der Waals surface area (Å²) in [4.78, 5) is 16.1. The molecule has 5 nitrogen and oxygen atoms in total. The number of ether oxygens (including phenoxy) is 1. The van der Waals surface area contributed by atoms with Crippen molar-refractivity contribution in [3.8, 4) is 5.88 Å². The molecule has 2 unspecified atom stereocenters. The van der Waals surface area contributed by atoms with E-state index in [-0.39, 0.29) is 17.5 Å². The van der Waals surface area contributed by atoms with Crippen molar-refractivity contribution in [3.63, 3.8) is 0 Å². The van der Waals surface area contributed by atoms with Crippen molar-refractivity contribution in [1.82, 2.24) is 9.55 Å². The summed E-state index contributed by atoms with van der Waals surface area (Å²) in [6.07, 6.45) is 7.70. The van der Waals surface area contributed by atoms with Gasteiger partial charge in [-0.3, -0.25) is 4.79 Å². The third-order valence-corrected chi connectivity index (χ3v) is 3.63. The van der Waals surface area contributed by atoms with Gasteiger partial charge in [0.25, 0.3) is 5.88 Å². The minimum Gasteiger partial charge on any atom is -0.470 e. The molecule has 0 aliphatic heterocycles. The number of nitrogens with zero attached hydrogens (tertiary/aromatic N) is 2. The van der Waals surface area contributed by atoms with E-state index in [1.807, 2.05) is 6.92 Å². The molecule has 1 aromatic heterocycles. The maximum absolute atomic E-state index is 12.0. The summed E-state index contributed by atoms with van der Waals surface area (Å²) < 4.78 is 7.41. The molecule has 1 saturated carbocycles. The van der Waals surface area contributed by atoms with Crippen LogP contribution in [0.1, 0.15) is 32.6 Å². The zero-order valence-corrected chi connectivity index (χ0v) is 10.8. The fraction of sp³-hybridized carbons (Fsp3) is 0.692. The highest BCUT2D eigenvalue weighted by atomic mass is 16.5. The van der Waals surface area contributed by atoms with Gasteiger partial charge in [0.1, 0.15) is 6.10 Å². The van der Waals surface area contributed by atoms with Crippen LogP contribution in [0.4, 0.5) is 0 Å². The lowest BCUT2D eigenvalue weighted by molar-refractivity contribution is 0.0899. The highest BCUT2D eigenvalue weighted by Crippen LogP contribution is 2.26. The Morgan fingerprint density at radius 1 is 1.50 bits per heavy atom. The van der Waals surface area contributed by atoms with Crippen molar-refractivity contribution in [1.29, 1.82) is 0 Å². The van der Waals surface area contributed by atoms with E-state index in [9.17, 15) is 4.79 Å². The van der Waals surface area contributed by atoms with Crippen molar-refractivity contribution in [3.05, 3.63) is 22.7 Å². The fourth-order valence-corrected chi connectivity index (χ4v) is 2.50. The molecule has 0 radical (unpaired) electrons. The lowest BCUT2D eigenvalue weighted by atomic mass is 9.86. The van der Waals surface area contributed by atoms with Gasteiger partial charge < -0.3 is 15.0 Å². The molecule has 18 heavy (non-hydrogen) atoms. The highest BCUT2D eigenvalue weighted by Gasteiger charge is 2.26. The van der Waals surface area contributed by atoms with Gasteiger partial charge in [0.05, 0.1) is 0 Å². The second-order valence-electron chi connectivity index (χ2n) is 4.76. The molecule has 0 spiro atoms. The van der Waals surface area contributed by atoms with Crippen LogP contribution in [0.5, 0.6) is 5.88 Å². The third kappa shape index (κ3) is 2.72. The molecule has 0 bridgehead atoms. The first-order valence-electron chi connectivity index (χ1n) is 6.68. The first kappa shape index (κ1) is 13.1. The van der Waals surface area contributed by atoms with E-state index in [4.69, 9.17) is 10.5 Å². The Morgan fingerprint density at radius 3 is 3.00 bits per heavy atom. The second kappa shape index (κ2) is 6.00. The summed E-state index contributed by atoms with van der Waals surface area (Å²) in [6, 6.07) is 0.